The van der Waals surface area contributed by atoms with Gasteiger partial charge in [0.25, 0.3) is 0 Å². The Labute approximate surface area is 116 Å². The Balaban J connectivity index is 1.89. The van der Waals surface area contributed by atoms with Gasteiger partial charge in [0.1, 0.15) is 0 Å². The summed E-state index contributed by atoms with van der Waals surface area (Å²) in [6.45, 7) is 3.89. The molecule has 0 heterocycles. The molecule has 2 aliphatic carbocycles. The molecular formula is C13H24ClNO2S. The van der Waals surface area contributed by atoms with Crippen LogP contribution in [0.2, 0.25) is 0 Å². The van der Waals surface area contributed by atoms with Crippen molar-refractivity contribution in [2.75, 3.05) is 11.6 Å². The normalized spacial score (nSPS) is 34.7. The van der Waals surface area contributed by atoms with E-state index in [2.05, 4.69) is 4.72 Å². The molecule has 2 rings (SSSR count). The summed E-state index contributed by atoms with van der Waals surface area (Å²) in [7, 11) is -3.18. The first kappa shape index (κ1) is 14.6. The molecular weight excluding hydrogens is 270 g/mol. The maximum Gasteiger partial charge on any atom is 0.212 e. The molecule has 3 nitrogen and oxygen atoms in total. The van der Waals surface area contributed by atoms with E-state index in [9.17, 15) is 8.42 Å². The van der Waals surface area contributed by atoms with Gasteiger partial charge in [0, 0.05) is 11.9 Å². The van der Waals surface area contributed by atoms with Crippen molar-refractivity contribution in [1.29, 1.82) is 0 Å². The Bertz CT molecular complexity index is 384. The lowest BCUT2D eigenvalue weighted by Gasteiger charge is -2.28. The van der Waals surface area contributed by atoms with Gasteiger partial charge in [-0.3, -0.25) is 0 Å². The molecule has 2 saturated carbocycles. The third-order valence-electron chi connectivity index (χ3n) is 4.57. The van der Waals surface area contributed by atoms with Crippen molar-refractivity contribution in [3.63, 3.8) is 0 Å². The average Bonchev–Trinajstić information content (AvgIpc) is 2.89. The second-order valence-electron chi connectivity index (χ2n) is 6.29. The highest BCUT2D eigenvalue weighted by Gasteiger charge is 2.42. The van der Waals surface area contributed by atoms with Crippen molar-refractivity contribution in [3.8, 4) is 0 Å². The zero-order valence-electron chi connectivity index (χ0n) is 11.2. The van der Waals surface area contributed by atoms with E-state index in [0.29, 0.717) is 11.8 Å². The Morgan fingerprint density at radius 2 is 2.00 bits per heavy atom. The maximum absolute atomic E-state index is 12.0. The minimum Gasteiger partial charge on any atom is -0.212 e. The van der Waals surface area contributed by atoms with Gasteiger partial charge in [-0.25, -0.2) is 13.1 Å². The fourth-order valence-corrected chi connectivity index (χ4v) is 5.69. The number of fused-ring (bicyclic) bond motifs is 2. The second kappa shape index (κ2) is 5.68. The highest BCUT2D eigenvalue weighted by molar-refractivity contribution is 7.89. The lowest BCUT2D eigenvalue weighted by Crippen LogP contribution is -2.42. The van der Waals surface area contributed by atoms with E-state index in [-0.39, 0.29) is 17.7 Å². The lowest BCUT2D eigenvalue weighted by atomic mass is 9.84. The first-order chi connectivity index (χ1) is 8.41. The Hall–Kier alpha value is 0.200. The van der Waals surface area contributed by atoms with Gasteiger partial charge in [-0.2, -0.15) is 0 Å². The number of hydrogen-bond donors (Lipinski definition) is 1. The molecule has 0 aromatic heterocycles. The second-order valence-corrected chi connectivity index (χ2v) is 8.39. The molecule has 2 fully saturated rings. The monoisotopic (exact) mass is 293 g/mol. The molecule has 0 radical (unpaired) electrons. The molecule has 0 aromatic rings. The van der Waals surface area contributed by atoms with Crippen LogP contribution in [0.4, 0.5) is 0 Å². The van der Waals surface area contributed by atoms with Gasteiger partial charge in [-0.05, 0) is 49.9 Å². The van der Waals surface area contributed by atoms with E-state index in [4.69, 9.17) is 11.6 Å². The lowest BCUT2D eigenvalue weighted by molar-refractivity contribution is 0.280. The third kappa shape index (κ3) is 3.40. The summed E-state index contributed by atoms with van der Waals surface area (Å²) in [5, 5.41) is 0. The largest absolute Gasteiger partial charge is 0.212 e. The summed E-state index contributed by atoms with van der Waals surface area (Å²) in [6, 6.07) is 0.0767. The van der Waals surface area contributed by atoms with Crippen molar-refractivity contribution in [1.82, 2.24) is 4.72 Å². The Kier molecular flexibility index (Phi) is 4.61. The smallest absolute Gasteiger partial charge is 0.212 e. The molecule has 5 atom stereocenters. The SMILES string of the molecule is CC(CCl)CS(=O)(=O)NC(C)C1CC2CCC1C2. The first-order valence-corrected chi connectivity index (χ1v) is 9.16. The molecule has 2 bridgehead atoms. The minimum atomic E-state index is -3.18. The maximum atomic E-state index is 12.0. The van der Waals surface area contributed by atoms with E-state index >= 15 is 0 Å². The van der Waals surface area contributed by atoms with Gasteiger partial charge in [0.2, 0.25) is 10.0 Å². The van der Waals surface area contributed by atoms with Crippen LogP contribution in [0, 0.1) is 23.7 Å². The fraction of sp³-hybridized carbons (Fsp3) is 1.00. The molecule has 106 valence electrons. The van der Waals surface area contributed by atoms with Crippen LogP contribution in [-0.2, 0) is 10.0 Å². The molecule has 2 aliphatic rings. The van der Waals surface area contributed by atoms with Crippen LogP contribution in [0.1, 0.15) is 39.5 Å². The van der Waals surface area contributed by atoms with Gasteiger partial charge in [-0.15, -0.1) is 11.6 Å². The molecule has 18 heavy (non-hydrogen) atoms. The summed E-state index contributed by atoms with van der Waals surface area (Å²) in [6.07, 6.45) is 5.16. The molecule has 0 aromatic carbocycles. The van der Waals surface area contributed by atoms with Crippen molar-refractivity contribution < 1.29 is 8.42 Å². The van der Waals surface area contributed by atoms with Gasteiger partial charge in [0.15, 0.2) is 0 Å². The number of alkyl halides is 1. The van der Waals surface area contributed by atoms with E-state index < -0.39 is 10.0 Å². The van der Waals surface area contributed by atoms with Gasteiger partial charge in [0.05, 0.1) is 5.75 Å². The molecule has 5 unspecified atom stereocenters. The highest BCUT2D eigenvalue weighted by atomic mass is 35.5. The van der Waals surface area contributed by atoms with E-state index in [1.165, 1.54) is 25.7 Å². The molecule has 1 N–H and O–H groups in total. The molecule has 0 amide bonds. The van der Waals surface area contributed by atoms with Crippen LogP contribution in [-0.4, -0.2) is 26.1 Å². The van der Waals surface area contributed by atoms with Crippen molar-refractivity contribution >= 4 is 21.6 Å². The van der Waals surface area contributed by atoms with Crippen molar-refractivity contribution in [3.05, 3.63) is 0 Å². The fourth-order valence-electron chi connectivity index (χ4n) is 3.74. The number of rotatable bonds is 6. The van der Waals surface area contributed by atoms with Crippen molar-refractivity contribution in [2.45, 2.75) is 45.6 Å². The van der Waals surface area contributed by atoms with Crippen LogP contribution >= 0.6 is 11.6 Å². The topological polar surface area (TPSA) is 46.2 Å². The number of nitrogens with one attached hydrogen (secondary N) is 1. The Morgan fingerprint density at radius 1 is 1.28 bits per heavy atom. The standard InChI is InChI=1S/C13H24ClNO2S/c1-9(7-14)8-18(16,17)15-10(2)13-6-11-3-4-12(13)5-11/h9-13,15H,3-8H2,1-2H3. The van der Waals surface area contributed by atoms with Crippen LogP contribution in [0.3, 0.4) is 0 Å². The van der Waals surface area contributed by atoms with E-state index in [1.807, 2.05) is 13.8 Å². The number of hydrogen-bond acceptors (Lipinski definition) is 2. The summed E-state index contributed by atoms with van der Waals surface area (Å²) in [5.41, 5.74) is 0. The number of halogens is 1. The number of sulfonamides is 1. The van der Waals surface area contributed by atoms with E-state index in [1.54, 1.807) is 0 Å². The summed E-state index contributed by atoms with van der Waals surface area (Å²) >= 11 is 5.68. The van der Waals surface area contributed by atoms with Gasteiger partial charge >= 0.3 is 0 Å². The average molecular weight is 294 g/mol. The molecule has 5 heteroatoms. The summed E-state index contributed by atoms with van der Waals surface area (Å²) in [5.74, 6) is 2.69. The zero-order valence-corrected chi connectivity index (χ0v) is 12.8. The van der Waals surface area contributed by atoms with Crippen LogP contribution in [0.25, 0.3) is 0 Å². The summed E-state index contributed by atoms with van der Waals surface area (Å²) in [4.78, 5) is 0. The molecule has 0 aliphatic heterocycles. The zero-order chi connectivity index (χ0) is 13.3. The Morgan fingerprint density at radius 3 is 2.50 bits per heavy atom. The highest BCUT2D eigenvalue weighted by Crippen LogP contribution is 2.49. The first-order valence-electron chi connectivity index (χ1n) is 6.97. The summed E-state index contributed by atoms with van der Waals surface area (Å²) < 4.78 is 26.9. The quantitative estimate of drug-likeness (QED) is 0.765. The third-order valence-corrected chi connectivity index (χ3v) is 6.83. The van der Waals surface area contributed by atoms with Crippen molar-refractivity contribution in [2.24, 2.45) is 23.7 Å². The van der Waals surface area contributed by atoms with E-state index in [0.717, 1.165) is 11.8 Å². The van der Waals surface area contributed by atoms with Gasteiger partial charge in [-0.1, -0.05) is 13.3 Å². The molecule has 0 saturated heterocycles. The van der Waals surface area contributed by atoms with Crippen LogP contribution in [0.15, 0.2) is 0 Å². The van der Waals surface area contributed by atoms with Crippen LogP contribution in [0.5, 0.6) is 0 Å². The predicted octanol–water partition coefficient (Wildman–Crippen LogP) is 2.61. The predicted molar refractivity (Wildman–Crippen MR) is 75.2 cm³/mol. The minimum absolute atomic E-state index is 0.0106. The van der Waals surface area contributed by atoms with Gasteiger partial charge < -0.3 is 0 Å². The molecule has 0 spiro atoms. The van der Waals surface area contributed by atoms with Crippen LogP contribution < -0.4 is 4.72 Å².